The fourth-order valence-electron chi connectivity index (χ4n) is 2.71. The van der Waals surface area contributed by atoms with E-state index in [1.165, 1.54) is 30.5 Å². The number of carbonyl (C=O) groups excluding carboxylic acids is 2. The third-order valence-corrected chi connectivity index (χ3v) is 5.15. The highest BCUT2D eigenvalue weighted by Gasteiger charge is 2.33. The lowest BCUT2D eigenvalue weighted by Gasteiger charge is -2.17. The normalized spacial score (nSPS) is 11.2. The Balaban J connectivity index is 1.66. The molecular weight excluding hydrogens is 415 g/mol. The van der Waals surface area contributed by atoms with Crippen molar-refractivity contribution in [2.45, 2.75) is 13.1 Å². The molecule has 5 nitrogen and oxygen atoms in total. The Kier molecular flexibility index (Phi) is 6.21. The van der Waals surface area contributed by atoms with E-state index in [2.05, 4.69) is 10.3 Å². The van der Waals surface area contributed by atoms with Crippen LogP contribution in [-0.4, -0.2) is 35.3 Å². The number of para-hydroxylation sites is 1. The Labute approximate surface area is 175 Å². The van der Waals surface area contributed by atoms with Crippen LogP contribution >= 0.6 is 11.3 Å². The van der Waals surface area contributed by atoms with Gasteiger partial charge >= 0.3 is 6.18 Å². The van der Waals surface area contributed by atoms with Crippen molar-refractivity contribution < 1.29 is 22.8 Å². The maximum absolute atomic E-state index is 13.1. The van der Waals surface area contributed by atoms with Gasteiger partial charge in [-0.2, -0.15) is 13.2 Å². The quantitative estimate of drug-likeness (QED) is 0.626. The van der Waals surface area contributed by atoms with E-state index in [9.17, 15) is 22.8 Å². The number of aromatic nitrogens is 1. The van der Waals surface area contributed by atoms with Crippen molar-refractivity contribution >= 4 is 28.8 Å². The number of amides is 2. The average molecular weight is 433 g/mol. The highest BCUT2D eigenvalue weighted by atomic mass is 32.1. The lowest BCUT2D eigenvalue weighted by molar-refractivity contribution is -0.137. The van der Waals surface area contributed by atoms with Crippen molar-refractivity contribution in [3.63, 3.8) is 0 Å². The van der Waals surface area contributed by atoms with Crippen LogP contribution in [0.25, 0.3) is 10.6 Å². The fraction of sp³-hybridized carbons (Fsp3) is 0.190. The van der Waals surface area contributed by atoms with E-state index < -0.39 is 30.1 Å². The van der Waals surface area contributed by atoms with Crippen molar-refractivity contribution in [2.75, 3.05) is 18.9 Å². The van der Waals surface area contributed by atoms with Gasteiger partial charge in [0.2, 0.25) is 5.91 Å². The molecule has 0 unspecified atom stereocenters. The van der Waals surface area contributed by atoms with Crippen molar-refractivity contribution in [3.8, 4) is 10.6 Å². The maximum Gasteiger partial charge on any atom is 0.418 e. The largest absolute Gasteiger partial charge is 0.418 e. The summed E-state index contributed by atoms with van der Waals surface area (Å²) < 4.78 is 39.2. The molecule has 9 heteroatoms. The molecule has 0 saturated carbocycles. The number of anilines is 1. The van der Waals surface area contributed by atoms with Crippen molar-refractivity contribution in [2.24, 2.45) is 0 Å². The SMILES string of the molecule is Cc1ccc(-c2nc(C(=O)N(C)CC(=O)Nc3ccccc3C(F)(F)F)cs2)cc1. The van der Waals surface area contributed by atoms with Crippen LogP contribution in [0.5, 0.6) is 0 Å². The second kappa shape index (κ2) is 8.66. The predicted molar refractivity (Wildman–Crippen MR) is 109 cm³/mol. The summed E-state index contributed by atoms with van der Waals surface area (Å²) in [7, 11) is 1.39. The summed E-state index contributed by atoms with van der Waals surface area (Å²) in [5.74, 6) is -1.24. The number of likely N-dealkylation sites (N-methyl/N-ethyl adjacent to an activating group) is 1. The van der Waals surface area contributed by atoms with Gasteiger partial charge in [0.05, 0.1) is 17.8 Å². The van der Waals surface area contributed by atoms with Gasteiger partial charge in [-0.05, 0) is 19.1 Å². The number of aryl methyl sites for hydroxylation is 1. The molecule has 0 fully saturated rings. The number of thiazole rings is 1. The second-order valence-corrected chi connectivity index (χ2v) is 7.51. The van der Waals surface area contributed by atoms with E-state index in [0.717, 1.165) is 28.2 Å². The Bertz CT molecular complexity index is 1060. The first-order valence-electron chi connectivity index (χ1n) is 8.89. The summed E-state index contributed by atoms with van der Waals surface area (Å²) in [6, 6.07) is 12.4. The fourth-order valence-corrected chi connectivity index (χ4v) is 3.51. The van der Waals surface area contributed by atoms with Gasteiger partial charge in [0.25, 0.3) is 5.91 Å². The molecule has 0 atom stereocenters. The summed E-state index contributed by atoms with van der Waals surface area (Å²) in [6.45, 7) is 1.55. The molecule has 0 spiro atoms. The zero-order valence-corrected chi connectivity index (χ0v) is 17.0. The summed E-state index contributed by atoms with van der Waals surface area (Å²) in [5.41, 5.74) is 0.834. The van der Waals surface area contributed by atoms with Crippen LogP contribution in [0.1, 0.15) is 21.6 Å². The monoisotopic (exact) mass is 433 g/mol. The first-order chi connectivity index (χ1) is 14.1. The minimum atomic E-state index is -4.60. The number of halogens is 3. The standard InChI is InChI=1S/C21H18F3N3O2S/c1-13-7-9-14(10-8-13)19-26-17(12-30-19)20(29)27(2)11-18(28)25-16-6-4-3-5-15(16)21(22,23)24/h3-10,12H,11H2,1-2H3,(H,25,28). The summed E-state index contributed by atoms with van der Waals surface area (Å²) in [5, 5.41) is 4.47. The van der Waals surface area contributed by atoms with Gasteiger partial charge in [0.1, 0.15) is 10.7 Å². The van der Waals surface area contributed by atoms with Crippen LogP contribution in [-0.2, 0) is 11.0 Å². The zero-order valence-electron chi connectivity index (χ0n) is 16.2. The zero-order chi connectivity index (χ0) is 21.9. The van der Waals surface area contributed by atoms with E-state index in [-0.39, 0.29) is 11.4 Å². The van der Waals surface area contributed by atoms with Gasteiger partial charge in [0.15, 0.2) is 0 Å². The highest BCUT2D eigenvalue weighted by molar-refractivity contribution is 7.13. The van der Waals surface area contributed by atoms with E-state index in [1.54, 1.807) is 5.38 Å². The van der Waals surface area contributed by atoms with Gasteiger partial charge in [-0.1, -0.05) is 42.0 Å². The Morgan fingerprint density at radius 3 is 2.43 bits per heavy atom. The number of hydrogen-bond donors (Lipinski definition) is 1. The lowest BCUT2D eigenvalue weighted by atomic mass is 10.1. The van der Waals surface area contributed by atoms with Gasteiger partial charge < -0.3 is 10.2 Å². The molecule has 1 heterocycles. The average Bonchev–Trinajstić information content (AvgIpc) is 3.17. The van der Waals surface area contributed by atoms with E-state index in [0.29, 0.717) is 5.01 Å². The van der Waals surface area contributed by atoms with E-state index in [1.807, 2.05) is 31.2 Å². The summed E-state index contributed by atoms with van der Waals surface area (Å²) in [4.78, 5) is 30.2. The van der Waals surface area contributed by atoms with Crippen molar-refractivity contribution in [1.82, 2.24) is 9.88 Å². The van der Waals surface area contributed by atoms with Crippen LogP contribution in [0, 0.1) is 6.92 Å². The molecule has 2 aromatic carbocycles. The first kappa shape index (κ1) is 21.5. The number of nitrogens with zero attached hydrogens (tertiary/aromatic N) is 2. The molecule has 0 aliphatic carbocycles. The Morgan fingerprint density at radius 1 is 1.10 bits per heavy atom. The van der Waals surface area contributed by atoms with Gasteiger partial charge in [-0.15, -0.1) is 11.3 Å². The Hall–Kier alpha value is -3.20. The molecule has 0 radical (unpaired) electrons. The number of carbonyl (C=O) groups is 2. The molecule has 1 aromatic heterocycles. The molecule has 3 aromatic rings. The van der Waals surface area contributed by atoms with Crippen molar-refractivity contribution in [3.05, 3.63) is 70.7 Å². The van der Waals surface area contributed by atoms with Gasteiger partial charge in [-0.3, -0.25) is 9.59 Å². The maximum atomic E-state index is 13.1. The number of alkyl halides is 3. The second-order valence-electron chi connectivity index (χ2n) is 6.66. The lowest BCUT2D eigenvalue weighted by Crippen LogP contribution is -2.35. The van der Waals surface area contributed by atoms with Crippen LogP contribution in [0.2, 0.25) is 0 Å². The molecule has 0 bridgehead atoms. The number of nitrogens with one attached hydrogen (secondary N) is 1. The van der Waals surface area contributed by atoms with E-state index in [4.69, 9.17) is 0 Å². The summed E-state index contributed by atoms with van der Waals surface area (Å²) >= 11 is 1.30. The summed E-state index contributed by atoms with van der Waals surface area (Å²) in [6.07, 6.45) is -4.60. The minimum Gasteiger partial charge on any atom is -0.331 e. The first-order valence-corrected chi connectivity index (χ1v) is 9.77. The number of benzene rings is 2. The van der Waals surface area contributed by atoms with Crippen LogP contribution in [0.4, 0.5) is 18.9 Å². The smallest absolute Gasteiger partial charge is 0.331 e. The van der Waals surface area contributed by atoms with Crippen LogP contribution < -0.4 is 5.32 Å². The molecule has 0 aliphatic rings. The van der Waals surface area contributed by atoms with Gasteiger partial charge in [0, 0.05) is 18.0 Å². The third kappa shape index (κ3) is 5.04. The molecular formula is C21H18F3N3O2S. The van der Waals surface area contributed by atoms with E-state index >= 15 is 0 Å². The molecule has 156 valence electrons. The van der Waals surface area contributed by atoms with Crippen molar-refractivity contribution in [1.29, 1.82) is 0 Å². The third-order valence-electron chi connectivity index (χ3n) is 4.26. The number of hydrogen-bond acceptors (Lipinski definition) is 4. The molecule has 1 N–H and O–H groups in total. The minimum absolute atomic E-state index is 0.168. The highest BCUT2D eigenvalue weighted by Crippen LogP contribution is 2.34. The van der Waals surface area contributed by atoms with Crippen LogP contribution in [0.3, 0.4) is 0 Å². The predicted octanol–water partition coefficient (Wildman–Crippen LogP) is 4.85. The topological polar surface area (TPSA) is 62.3 Å². The Morgan fingerprint density at radius 2 is 1.77 bits per heavy atom. The molecule has 0 saturated heterocycles. The molecule has 2 amide bonds. The van der Waals surface area contributed by atoms with Crippen LogP contribution in [0.15, 0.2) is 53.9 Å². The number of rotatable bonds is 5. The molecule has 30 heavy (non-hydrogen) atoms. The molecule has 3 rings (SSSR count). The van der Waals surface area contributed by atoms with Gasteiger partial charge in [-0.25, -0.2) is 4.98 Å². The molecule has 0 aliphatic heterocycles.